The van der Waals surface area contributed by atoms with E-state index < -0.39 is 18.3 Å². The Kier molecular flexibility index (Phi) is 6.83. The quantitative estimate of drug-likeness (QED) is 0.576. The van der Waals surface area contributed by atoms with Gasteiger partial charge in [0.25, 0.3) is 0 Å². The predicted molar refractivity (Wildman–Crippen MR) is 77.3 cm³/mol. The Balaban J connectivity index is 0.000000861. The predicted octanol–water partition coefficient (Wildman–Crippen LogP) is 5.17. The first-order valence-electron chi connectivity index (χ1n) is 7.86. The molecule has 2 saturated carbocycles. The molecule has 2 fully saturated rings. The van der Waals surface area contributed by atoms with Crippen LogP contribution < -0.4 is 0 Å². The molecule has 0 N–H and O–H groups in total. The van der Waals surface area contributed by atoms with Crippen LogP contribution in [0.15, 0.2) is 0 Å². The zero-order valence-corrected chi connectivity index (χ0v) is 12.5. The van der Waals surface area contributed by atoms with Crippen molar-refractivity contribution in [3.8, 4) is 12.3 Å². The third-order valence-electron chi connectivity index (χ3n) is 4.75. The van der Waals surface area contributed by atoms with Gasteiger partial charge in [-0.05, 0) is 43.4 Å². The minimum atomic E-state index is -1.13. The average molecular weight is 270 g/mol. The molecule has 2 atom stereocenters. The van der Waals surface area contributed by atoms with Crippen LogP contribution in [0.2, 0.25) is 0 Å². The number of terminal acetylenes is 1. The maximum absolute atomic E-state index is 13.8. The summed E-state index contributed by atoms with van der Waals surface area (Å²) in [5, 5.41) is 0. The Labute approximate surface area is 117 Å². The summed E-state index contributed by atoms with van der Waals surface area (Å²) < 4.78 is 27.6. The van der Waals surface area contributed by atoms with Gasteiger partial charge in [0.2, 0.25) is 0 Å². The molecule has 0 nitrogen and oxygen atoms in total. The highest BCUT2D eigenvalue weighted by Crippen LogP contribution is 2.42. The van der Waals surface area contributed by atoms with Crippen molar-refractivity contribution < 1.29 is 8.78 Å². The van der Waals surface area contributed by atoms with Gasteiger partial charge >= 0.3 is 0 Å². The molecule has 110 valence electrons. The molecule has 2 aliphatic carbocycles. The van der Waals surface area contributed by atoms with Crippen LogP contribution >= 0.6 is 0 Å². The van der Waals surface area contributed by atoms with Crippen molar-refractivity contribution in [2.24, 2.45) is 23.7 Å². The Bertz CT molecular complexity index is 274. The maximum atomic E-state index is 13.8. The molecular weight excluding hydrogens is 242 g/mol. The summed E-state index contributed by atoms with van der Waals surface area (Å²) in [5.74, 6) is 3.02. The highest BCUT2D eigenvalue weighted by molar-refractivity contribution is 5.04. The van der Waals surface area contributed by atoms with Gasteiger partial charge in [0.15, 0.2) is 0 Å². The molecular formula is C17H28F2. The number of halogens is 2. The molecule has 0 heterocycles. The van der Waals surface area contributed by atoms with Crippen molar-refractivity contribution in [2.45, 2.75) is 71.6 Å². The van der Waals surface area contributed by atoms with E-state index in [4.69, 9.17) is 6.42 Å². The van der Waals surface area contributed by atoms with E-state index in [2.05, 4.69) is 12.8 Å². The van der Waals surface area contributed by atoms with Crippen molar-refractivity contribution in [3.05, 3.63) is 0 Å². The zero-order chi connectivity index (χ0) is 14.4. The topological polar surface area (TPSA) is 0 Å². The van der Waals surface area contributed by atoms with Crippen molar-refractivity contribution in [1.29, 1.82) is 0 Å². The van der Waals surface area contributed by atoms with E-state index in [0.717, 1.165) is 18.8 Å². The lowest BCUT2D eigenvalue weighted by molar-refractivity contribution is 0.0396. The number of rotatable bonds is 1. The van der Waals surface area contributed by atoms with Crippen LogP contribution in [0.25, 0.3) is 0 Å². The van der Waals surface area contributed by atoms with Crippen molar-refractivity contribution in [3.63, 3.8) is 0 Å². The second-order valence-corrected chi connectivity index (χ2v) is 5.98. The summed E-state index contributed by atoms with van der Waals surface area (Å²) in [6.45, 7) is 6.27. The van der Waals surface area contributed by atoms with Crippen molar-refractivity contribution in [2.75, 3.05) is 0 Å². The van der Waals surface area contributed by atoms with E-state index in [1.165, 1.54) is 12.8 Å². The van der Waals surface area contributed by atoms with E-state index in [1.54, 1.807) is 0 Å². The summed E-state index contributed by atoms with van der Waals surface area (Å²) in [7, 11) is 0. The fourth-order valence-electron chi connectivity index (χ4n) is 3.55. The zero-order valence-electron chi connectivity index (χ0n) is 12.5. The van der Waals surface area contributed by atoms with Crippen LogP contribution in [-0.2, 0) is 0 Å². The summed E-state index contributed by atoms with van der Waals surface area (Å²) >= 11 is 0. The van der Waals surface area contributed by atoms with Crippen LogP contribution in [0.3, 0.4) is 0 Å². The Morgan fingerprint density at radius 3 is 1.79 bits per heavy atom. The highest BCUT2D eigenvalue weighted by Gasteiger charge is 2.40. The molecule has 0 amide bonds. The summed E-state index contributed by atoms with van der Waals surface area (Å²) in [6, 6.07) is 0. The third kappa shape index (κ3) is 4.20. The van der Waals surface area contributed by atoms with E-state index in [0.29, 0.717) is 18.8 Å². The van der Waals surface area contributed by atoms with E-state index in [-0.39, 0.29) is 5.92 Å². The minimum absolute atomic E-state index is 0.220. The molecule has 2 aliphatic rings. The molecule has 2 heteroatoms. The average Bonchev–Trinajstić information content (AvgIpc) is 2.41. The number of alkyl halides is 2. The summed E-state index contributed by atoms with van der Waals surface area (Å²) in [6.07, 6.45) is 8.62. The molecule has 0 aliphatic heterocycles. The normalized spacial score (nSPS) is 42.7. The van der Waals surface area contributed by atoms with Crippen LogP contribution in [0.4, 0.5) is 8.78 Å². The van der Waals surface area contributed by atoms with Crippen molar-refractivity contribution in [1.82, 2.24) is 0 Å². The fraction of sp³-hybridized carbons (Fsp3) is 0.882. The second kappa shape index (κ2) is 7.88. The van der Waals surface area contributed by atoms with Gasteiger partial charge in [0, 0.05) is 0 Å². The van der Waals surface area contributed by atoms with Crippen LogP contribution in [-0.4, -0.2) is 12.3 Å². The summed E-state index contributed by atoms with van der Waals surface area (Å²) in [5.41, 5.74) is 0. The molecule has 0 bridgehead atoms. The van der Waals surface area contributed by atoms with Gasteiger partial charge in [-0.15, -0.1) is 6.42 Å². The van der Waals surface area contributed by atoms with Crippen molar-refractivity contribution >= 4 is 0 Å². The third-order valence-corrected chi connectivity index (χ3v) is 4.75. The Morgan fingerprint density at radius 1 is 0.895 bits per heavy atom. The highest BCUT2D eigenvalue weighted by atomic mass is 19.1. The largest absolute Gasteiger partial charge is 0.246 e. The lowest BCUT2D eigenvalue weighted by atomic mass is 9.68. The Morgan fingerprint density at radius 2 is 1.37 bits per heavy atom. The number of hydrogen-bond acceptors (Lipinski definition) is 0. The smallest absolute Gasteiger partial charge is 0.117 e. The molecule has 0 aromatic carbocycles. The molecule has 0 saturated heterocycles. The second-order valence-electron chi connectivity index (χ2n) is 5.98. The molecule has 2 unspecified atom stereocenters. The molecule has 0 aromatic rings. The minimum Gasteiger partial charge on any atom is -0.246 e. The van der Waals surface area contributed by atoms with Gasteiger partial charge in [-0.1, -0.05) is 39.5 Å². The van der Waals surface area contributed by atoms with Crippen LogP contribution in [0, 0.1) is 36.0 Å². The lowest BCUT2D eigenvalue weighted by Crippen LogP contribution is -2.38. The van der Waals surface area contributed by atoms with Gasteiger partial charge in [-0.2, -0.15) is 0 Å². The van der Waals surface area contributed by atoms with Crippen LogP contribution in [0.5, 0.6) is 0 Å². The number of hydrogen-bond donors (Lipinski definition) is 0. The first kappa shape index (κ1) is 16.5. The molecule has 19 heavy (non-hydrogen) atoms. The summed E-state index contributed by atoms with van der Waals surface area (Å²) in [4.78, 5) is 0. The fourth-order valence-corrected chi connectivity index (χ4v) is 3.55. The first-order valence-corrected chi connectivity index (χ1v) is 7.86. The Hall–Kier alpha value is -0.580. The SMILES string of the molecule is C#CC1C(F)CC(C2CCC(C)CC2)CC1F.CC. The van der Waals surface area contributed by atoms with Gasteiger partial charge in [0.05, 0.1) is 5.92 Å². The van der Waals surface area contributed by atoms with Gasteiger partial charge in [-0.3, -0.25) is 0 Å². The molecule has 2 rings (SSSR count). The molecule has 0 radical (unpaired) electrons. The first-order chi connectivity index (χ1) is 9.11. The maximum Gasteiger partial charge on any atom is 0.117 e. The molecule has 0 aromatic heterocycles. The van der Waals surface area contributed by atoms with E-state index in [9.17, 15) is 8.78 Å². The molecule has 0 spiro atoms. The van der Waals surface area contributed by atoms with Gasteiger partial charge in [-0.25, -0.2) is 8.78 Å². The lowest BCUT2D eigenvalue weighted by Gasteiger charge is -2.39. The standard InChI is InChI=1S/C15H22F2.C2H6/c1-3-13-14(16)8-12(9-15(13)17)11-6-4-10(2)5-7-11;1-2/h1,10-15H,4-9H2,2H3;1-2H3. The van der Waals surface area contributed by atoms with Gasteiger partial charge in [0.1, 0.15) is 12.3 Å². The van der Waals surface area contributed by atoms with E-state index >= 15 is 0 Å². The van der Waals surface area contributed by atoms with E-state index in [1.807, 2.05) is 13.8 Å². The van der Waals surface area contributed by atoms with Gasteiger partial charge < -0.3 is 0 Å². The monoisotopic (exact) mass is 270 g/mol. The van der Waals surface area contributed by atoms with Crippen LogP contribution in [0.1, 0.15) is 59.3 Å².